The van der Waals surface area contributed by atoms with Crippen LogP contribution in [0.25, 0.3) is 54.6 Å². The second-order valence-corrected chi connectivity index (χ2v) is 12.0. The number of fused-ring (bicyclic) bond motifs is 3. The lowest BCUT2D eigenvalue weighted by atomic mass is 9.98. The summed E-state index contributed by atoms with van der Waals surface area (Å²) in [7, 11) is 0. The SMILES string of the molecule is Brc1ccc2ccc(-c3ccc4ccc(N(c5ccc(-c6ccncc6)cc5)c5cccc6ccccc56)cc4c3)cc2c1. The Balaban J connectivity index is 1.27. The largest absolute Gasteiger partial charge is 0.310 e. The summed E-state index contributed by atoms with van der Waals surface area (Å²) >= 11 is 3.63. The molecule has 1 heterocycles. The van der Waals surface area contributed by atoms with Crippen molar-refractivity contribution < 1.29 is 0 Å². The van der Waals surface area contributed by atoms with Crippen LogP contribution in [0.2, 0.25) is 0 Å². The van der Waals surface area contributed by atoms with Gasteiger partial charge in [0, 0.05) is 33.6 Å². The molecule has 0 bridgehead atoms. The number of hydrogen-bond acceptors (Lipinski definition) is 2. The van der Waals surface area contributed by atoms with Gasteiger partial charge in [0.1, 0.15) is 0 Å². The van der Waals surface area contributed by atoms with Gasteiger partial charge in [0.05, 0.1) is 5.69 Å². The number of halogens is 1. The van der Waals surface area contributed by atoms with E-state index in [-0.39, 0.29) is 0 Å². The molecular formula is C41H27BrN2. The summed E-state index contributed by atoms with van der Waals surface area (Å²) in [5.74, 6) is 0. The van der Waals surface area contributed by atoms with Gasteiger partial charge in [-0.25, -0.2) is 0 Å². The lowest BCUT2D eigenvalue weighted by Crippen LogP contribution is -2.10. The van der Waals surface area contributed by atoms with E-state index in [4.69, 9.17) is 0 Å². The third-order valence-corrected chi connectivity index (χ3v) is 8.86. The Morgan fingerprint density at radius 2 is 1.00 bits per heavy atom. The average molecular weight is 628 g/mol. The molecule has 3 heteroatoms. The molecule has 0 saturated heterocycles. The Morgan fingerprint density at radius 1 is 0.409 bits per heavy atom. The number of nitrogens with zero attached hydrogens (tertiary/aromatic N) is 2. The molecule has 208 valence electrons. The number of benzene rings is 7. The predicted octanol–water partition coefficient (Wildman–Crippen LogP) is 12.1. The summed E-state index contributed by atoms with van der Waals surface area (Å²) in [6.45, 7) is 0. The zero-order valence-corrected chi connectivity index (χ0v) is 25.4. The van der Waals surface area contributed by atoms with Crippen molar-refractivity contribution in [2.75, 3.05) is 4.90 Å². The van der Waals surface area contributed by atoms with Gasteiger partial charge in [-0.05, 0) is 116 Å². The fraction of sp³-hybridized carbons (Fsp3) is 0. The minimum absolute atomic E-state index is 1.09. The molecule has 0 atom stereocenters. The van der Waals surface area contributed by atoms with E-state index in [1.165, 1.54) is 49.0 Å². The molecule has 1 aromatic heterocycles. The van der Waals surface area contributed by atoms with E-state index < -0.39 is 0 Å². The quantitative estimate of drug-likeness (QED) is 0.189. The van der Waals surface area contributed by atoms with Crippen molar-refractivity contribution in [3.63, 3.8) is 0 Å². The van der Waals surface area contributed by atoms with Crippen molar-refractivity contribution in [3.05, 3.63) is 169 Å². The molecule has 0 N–H and O–H groups in total. The van der Waals surface area contributed by atoms with E-state index in [9.17, 15) is 0 Å². The summed E-state index contributed by atoms with van der Waals surface area (Å²) in [5.41, 5.74) is 8.10. The van der Waals surface area contributed by atoms with Crippen molar-refractivity contribution in [2.24, 2.45) is 0 Å². The number of hydrogen-bond donors (Lipinski definition) is 0. The lowest BCUT2D eigenvalue weighted by Gasteiger charge is -2.27. The van der Waals surface area contributed by atoms with Crippen LogP contribution in [0, 0.1) is 0 Å². The van der Waals surface area contributed by atoms with Gasteiger partial charge >= 0.3 is 0 Å². The van der Waals surface area contributed by atoms with Crippen molar-refractivity contribution in [3.8, 4) is 22.3 Å². The summed E-state index contributed by atoms with van der Waals surface area (Å²) in [6, 6.07) is 54.7. The number of aromatic nitrogens is 1. The highest BCUT2D eigenvalue weighted by atomic mass is 79.9. The lowest BCUT2D eigenvalue weighted by molar-refractivity contribution is 1.30. The van der Waals surface area contributed by atoms with Gasteiger partial charge in [0.25, 0.3) is 0 Å². The maximum atomic E-state index is 4.18. The van der Waals surface area contributed by atoms with Crippen LogP contribution in [0.1, 0.15) is 0 Å². The predicted molar refractivity (Wildman–Crippen MR) is 190 cm³/mol. The van der Waals surface area contributed by atoms with Crippen LogP contribution in [0.5, 0.6) is 0 Å². The molecule has 0 unspecified atom stereocenters. The Morgan fingerprint density at radius 3 is 1.77 bits per heavy atom. The summed E-state index contributed by atoms with van der Waals surface area (Å²) in [4.78, 5) is 6.56. The van der Waals surface area contributed by atoms with E-state index >= 15 is 0 Å². The van der Waals surface area contributed by atoms with Crippen LogP contribution >= 0.6 is 15.9 Å². The zero-order valence-electron chi connectivity index (χ0n) is 23.9. The van der Waals surface area contributed by atoms with Crippen LogP contribution < -0.4 is 4.90 Å². The first-order chi connectivity index (χ1) is 21.7. The molecular weight excluding hydrogens is 600 g/mol. The first kappa shape index (κ1) is 26.4. The molecule has 0 amide bonds. The second-order valence-electron chi connectivity index (χ2n) is 11.1. The minimum Gasteiger partial charge on any atom is -0.310 e. The molecule has 0 aliphatic rings. The molecule has 0 radical (unpaired) electrons. The smallest absolute Gasteiger partial charge is 0.0540 e. The van der Waals surface area contributed by atoms with Crippen LogP contribution in [0.4, 0.5) is 17.1 Å². The summed E-state index contributed by atoms with van der Waals surface area (Å²) < 4.78 is 1.09. The Kier molecular flexibility index (Phi) is 6.66. The monoisotopic (exact) mass is 626 g/mol. The van der Waals surface area contributed by atoms with Crippen molar-refractivity contribution in [1.82, 2.24) is 4.98 Å². The van der Waals surface area contributed by atoms with Crippen LogP contribution in [0.3, 0.4) is 0 Å². The molecule has 7 aromatic carbocycles. The first-order valence-corrected chi connectivity index (χ1v) is 15.5. The number of rotatable bonds is 5. The van der Waals surface area contributed by atoms with Gasteiger partial charge < -0.3 is 4.90 Å². The number of anilines is 3. The minimum atomic E-state index is 1.09. The van der Waals surface area contributed by atoms with Gasteiger partial charge in [-0.3, -0.25) is 4.98 Å². The van der Waals surface area contributed by atoms with E-state index in [1.807, 2.05) is 24.5 Å². The van der Waals surface area contributed by atoms with Crippen LogP contribution in [0.15, 0.2) is 169 Å². The standard InChI is InChI=1S/C41H27BrN2/c42-37-16-12-29-8-10-33(24-35(29)26-37)34-11-9-30-15-19-39(27-36(30)25-34)44(41-7-3-5-32-4-1-2-6-40(32)41)38-17-13-28(14-18-38)31-20-22-43-23-21-31/h1-27H. The van der Waals surface area contributed by atoms with Crippen LogP contribution in [-0.2, 0) is 0 Å². The van der Waals surface area contributed by atoms with E-state index in [0.29, 0.717) is 0 Å². The Hall–Kier alpha value is -5.25. The van der Waals surface area contributed by atoms with E-state index in [2.05, 4.69) is 165 Å². The maximum Gasteiger partial charge on any atom is 0.0540 e. The first-order valence-electron chi connectivity index (χ1n) is 14.7. The molecule has 0 aliphatic heterocycles. The molecule has 0 saturated carbocycles. The van der Waals surface area contributed by atoms with E-state index in [1.54, 1.807) is 0 Å². The van der Waals surface area contributed by atoms with Gasteiger partial charge in [0.2, 0.25) is 0 Å². The maximum absolute atomic E-state index is 4.18. The zero-order chi connectivity index (χ0) is 29.5. The highest BCUT2D eigenvalue weighted by Crippen LogP contribution is 2.41. The molecule has 44 heavy (non-hydrogen) atoms. The Bertz CT molecular complexity index is 2290. The number of pyridine rings is 1. The van der Waals surface area contributed by atoms with Crippen molar-refractivity contribution >= 4 is 65.3 Å². The fourth-order valence-corrected chi connectivity index (χ4v) is 6.51. The normalized spacial score (nSPS) is 11.3. The highest BCUT2D eigenvalue weighted by molar-refractivity contribution is 9.10. The average Bonchev–Trinajstić information content (AvgIpc) is 3.08. The van der Waals surface area contributed by atoms with Gasteiger partial charge in [-0.15, -0.1) is 0 Å². The topological polar surface area (TPSA) is 16.1 Å². The van der Waals surface area contributed by atoms with E-state index in [0.717, 1.165) is 27.1 Å². The molecule has 2 nitrogen and oxygen atoms in total. The third kappa shape index (κ3) is 4.92. The molecule has 0 fully saturated rings. The van der Waals surface area contributed by atoms with Crippen molar-refractivity contribution in [2.45, 2.75) is 0 Å². The fourth-order valence-electron chi connectivity index (χ4n) is 6.13. The van der Waals surface area contributed by atoms with Crippen molar-refractivity contribution in [1.29, 1.82) is 0 Å². The van der Waals surface area contributed by atoms with Crippen LogP contribution in [-0.4, -0.2) is 4.98 Å². The second kappa shape index (κ2) is 11.1. The molecule has 0 aliphatic carbocycles. The van der Waals surface area contributed by atoms with Gasteiger partial charge in [0.15, 0.2) is 0 Å². The van der Waals surface area contributed by atoms with Gasteiger partial charge in [-0.2, -0.15) is 0 Å². The highest BCUT2D eigenvalue weighted by Gasteiger charge is 2.16. The van der Waals surface area contributed by atoms with Gasteiger partial charge in [-0.1, -0.05) is 101 Å². The molecule has 8 rings (SSSR count). The Labute approximate surface area is 265 Å². The molecule has 0 spiro atoms. The summed E-state index contributed by atoms with van der Waals surface area (Å²) in [6.07, 6.45) is 3.68. The molecule has 8 aromatic rings. The third-order valence-electron chi connectivity index (χ3n) is 8.36. The summed E-state index contributed by atoms with van der Waals surface area (Å²) in [5, 5.41) is 7.31.